The van der Waals surface area contributed by atoms with Crippen LogP contribution in [0.25, 0.3) is 0 Å². The number of ether oxygens (including phenoxy) is 1. The van der Waals surface area contributed by atoms with Crippen molar-refractivity contribution < 1.29 is 9.53 Å². The van der Waals surface area contributed by atoms with Crippen molar-refractivity contribution in [3.05, 3.63) is 59.2 Å². The van der Waals surface area contributed by atoms with Crippen LogP contribution in [-0.4, -0.2) is 28.8 Å². The van der Waals surface area contributed by atoms with Gasteiger partial charge in [0, 0.05) is 5.56 Å². The number of Topliss-reactive ketones (excluding diaryl/α,β-unsaturated/α-hetero) is 1. The number of fused-ring (bicyclic) bond motifs is 1. The number of methoxy groups -OCH3 is 1. The number of aryl methyl sites for hydroxylation is 2. The molecule has 0 unspecified atom stereocenters. The van der Waals surface area contributed by atoms with Gasteiger partial charge in [-0.1, -0.05) is 47.4 Å². The molecule has 3 aromatic rings. The maximum Gasteiger partial charge on any atom is 0.210 e. The predicted molar refractivity (Wildman–Crippen MR) is 110 cm³/mol. The van der Waals surface area contributed by atoms with Gasteiger partial charge in [0.15, 0.2) is 10.1 Å². The summed E-state index contributed by atoms with van der Waals surface area (Å²) in [5.74, 6) is 1.24. The minimum atomic E-state index is 0.129. The van der Waals surface area contributed by atoms with Crippen LogP contribution in [0.1, 0.15) is 27.9 Å². The highest BCUT2D eigenvalue weighted by Gasteiger charge is 2.15. The Balaban J connectivity index is 1.37. The Morgan fingerprint density at radius 1 is 1.19 bits per heavy atom. The molecule has 0 aliphatic heterocycles. The number of hydrogen-bond acceptors (Lipinski definition) is 7. The number of hydrogen-bond donors (Lipinski definition) is 1. The van der Waals surface area contributed by atoms with Crippen LogP contribution >= 0.6 is 23.1 Å². The molecule has 1 aliphatic carbocycles. The van der Waals surface area contributed by atoms with Gasteiger partial charge in [-0.3, -0.25) is 4.79 Å². The molecule has 7 heteroatoms. The van der Waals surface area contributed by atoms with Crippen molar-refractivity contribution in [2.45, 2.75) is 23.6 Å². The first kappa shape index (κ1) is 18.0. The van der Waals surface area contributed by atoms with Gasteiger partial charge in [-0.25, -0.2) is 0 Å². The van der Waals surface area contributed by atoms with Gasteiger partial charge in [0.2, 0.25) is 5.13 Å². The summed E-state index contributed by atoms with van der Waals surface area (Å²) in [4.78, 5) is 12.5. The first-order valence-electron chi connectivity index (χ1n) is 8.74. The molecule has 1 heterocycles. The van der Waals surface area contributed by atoms with E-state index in [1.807, 2.05) is 30.3 Å². The van der Waals surface area contributed by atoms with Gasteiger partial charge in [0.25, 0.3) is 0 Å². The third-order valence-corrected chi connectivity index (χ3v) is 6.47. The van der Waals surface area contributed by atoms with E-state index in [-0.39, 0.29) is 5.78 Å². The van der Waals surface area contributed by atoms with Gasteiger partial charge in [0.1, 0.15) is 5.75 Å². The topological polar surface area (TPSA) is 64.1 Å². The van der Waals surface area contributed by atoms with Crippen LogP contribution in [0, 0.1) is 0 Å². The summed E-state index contributed by atoms with van der Waals surface area (Å²) in [7, 11) is 1.63. The lowest BCUT2D eigenvalue weighted by Crippen LogP contribution is -2.03. The molecule has 27 heavy (non-hydrogen) atoms. The minimum absolute atomic E-state index is 0.129. The van der Waals surface area contributed by atoms with Crippen molar-refractivity contribution in [1.82, 2.24) is 10.2 Å². The van der Waals surface area contributed by atoms with Crippen LogP contribution in [0.5, 0.6) is 5.75 Å². The molecular formula is C20H19N3O2S2. The lowest BCUT2D eigenvalue weighted by Gasteiger charge is -2.07. The third kappa shape index (κ3) is 4.14. The SMILES string of the molecule is COc1ccccc1Nc1nnc(SCC(=O)c2ccc3c(c2)CCC3)s1. The van der Waals surface area contributed by atoms with E-state index in [1.165, 1.54) is 40.6 Å². The normalized spacial score (nSPS) is 12.6. The van der Waals surface area contributed by atoms with E-state index >= 15 is 0 Å². The van der Waals surface area contributed by atoms with Crippen molar-refractivity contribution >= 4 is 39.7 Å². The van der Waals surface area contributed by atoms with Crippen molar-refractivity contribution in [3.8, 4) is 5.75 Å². The molecule has 2 aromatic carbocycles. The number of nitrogens with zero attached hydrogens (tertiary/aromatic N) is 2. The van der Waals surface area contributed by atoms with Gasteiger partial charge >= 0.3 is 0 Å². The molecule has 0 fully saturated rings. The van der Waals surface area contributed by atoms with E-state index in [0.717, 1.165) is 34.2 Å². The number of carbonyl (C=O) groups is 1. The highest BCUT2D eigenvalue weighted by molar-refractivity contribution is 8.01. The molecule has 0 amide bonds. The molecule has 0 spiro atoms. The molecule has 1 aliphatic rings. The van der Waals surface area contributed by atoms with Crippen molar-refractivity contribution in [2.75, 3.05) is 18.2 Å². The largest absolute Gasteiger partial charge is 0.495 e. The average molecular weight is 398 g/mol. The second kappa shape index (κ2) is 8.10. The fourth-order valence-corrected chi connectivity index (χ4v) is 4.80. The molecule has 0 saturated carbocycles. The standard InChI is InChI=1S/C20H19N3O2S2/c1-25-18-8-3-2-7-16(18)21-19-22-23-20(27-19)26-12-17(24)15-10-9-13-5-4-6-14(13)11-15/h2-3,7-11H,4-6,12H2,1H3,(H,21,22). The summed E-state index contributed by atoms with van der Waals surface area (Å²) in [6.07, 6.45) is 3.40. The third-order valence-electron chi connectivity index (χ3n) is 4.50. The molecule has 1 N–H and O–H groups in total. The Morgan fingerprint density at radius 2 is 2.04 bits per heavy atom. The summed E-state index contributed by atoms with van der Waals surface area (Å²) in [5, 5.41) is 12.2. The number of benzene rings is 2. The zero-order valence-electron chi connectivity index (χ0n) is 14.9. The minimum Gasteiger partial charge on any atom is -0.495 e. The van der Waals surface area contributed by atoms with E-state index in [0.29, 0.717) is 10.9 Å². The van der Waals surface area contributed by atoms with Crippen molar-refractivity contribution in [1.29, 1.82) is 0 Å². The van der Waals surface area contributed by atoms with E-state index in [1.54, 1.807) is 7.11 Å². The maximum absolute atomic E-state index is 12.5. The monoisotopic (exact) mass is 397 g/mol. The van der Waals surface area contributed by atoms with Crippen molar-refractivity contribution in [2.24, 2.45) is 0 Å². The Hall–Kier alpha value is -2.38. The fourth-order valence-electron chi connectivity index (χ4n) is 3.14. The van der Waals surface area contributed by atoms with Gasteiger partial charge in [-0.2, -0.15) is 0 Å². The van der Waals surface area contributed by atoms with Crippen LogP contribution in [0.4, 0.5) is 10.8 Å². The molecular weight excluding hydrogens is 378 g/mol. The molecule has 4 rings (SSSR count). The van der Waals surface area contributed by atoms with Crippen LogP contribution < -0.4 is 10.1 Å². The van der Waals surface area contributed by atoms with E-state index in [2.05, 4.69) is 27.6 Å². The molecule has 5 nitrogen and oxygen atoms in total. The summed E-state index contributed by atoms with van der Waals surface area (Å²) >= 11 is 2.85. The number of para-hydroxylation sites is 2. The van der Waals surface area contributed by atoms with Gasteiger partial charge in [0.05, 0.1) is 18.6 Å². The first-order chi connectivity index (χ1) is 13.2. The van der Waals surface area contributed by atoms with Gasteiger partial charge in [-0.15, -0.1) is 10.2 Å². The Bertz CT molecular complexity index is 971. The molecule has 0 radical (unpaired) electrons. The van der Waals surface area contributed by atoms with Crippen molar-refractivity contribution in [3.63, 3.8) is 0 Å². The molecule has 138 valence electrons. The summed E-state index contributed by atoms with van der Waals surface area (Å²) in [6.45, 7) is 0. The Kier molecular flexibility index (Phi) is 5.40. The van der Waals surface area contributed by atoms with Gasteiger partial charge < -0.3 is 10.1 Å². The zero-order valence-corrected chi connectivity index (χ0v) is 16.5. The number of ketones is 1. The van der Waals surface area contributed by atoms with Gasteiger partial charge in [-0.05, 0) is 48.6 Å². The zero-order chi connectivity index (χ0) is 18.6. The number of thioether (sulfide) groups is 1. The first-order valence-corrected chi connectivity index (χ1v) is 10.5. The number of aromatic nitrogens is 2. The number of rotatable bonds is 7. The average Bonchev–Trinajstić information content (AvgIpc) is 3.35. The van der Waals surface area contributed by atoms with E-state index in [4.69, 9.17) is 4.74 Å². The van der Waals surface area contributed by atoms with E-state index in [9.17, 15) is 4.79 Å². The summed E-state index contributed by atoms with van der Waals surface area (Å²) in [5.41, 5.74) is 4.34. The lowest BCUT2D eigenvalue weighted by molar-refractivity contribution is 0.102. The molecule has 0 atom stereocenters. The predicted octanol–water partition coefficient (Wildman–Crippen LogP) is 4.75. The lowest BCUT2D eigenvalue weighted by atomic mass is 10.0. The molecule has 0 saturated heterocycles. The number of nitrogens with one attached hydrogen (secondary N) is 1. The Labute approximate surface area is 166 Å². The van der Waals surface area contributed by atoms with Crippen LogP contribution in [0.2, 0.25) is 0 Å². The number of carbonyl (C=O) groups excluding carboxylic acids is 1. The second-order valence-electron chi connectivity index (χ2n) is 6.25. The quantitative estimate of drug-likeness (QED) is 0.458. The summed E-state index contributed by atoms with van der Waals surface area (Å²) < 4.78 is 6.09. The smallest absolute Gasteiger partial charge is 0.210 e. The molecule has 0 bridgehead atoms. The summed E-state index contributed by atoms with van der Waals surface area (Å²) in [6, 6.07) is 13.7. The fraction of sp³-hybridized carbons (Fsp3) is 0.250. The number of anilines is 2. The maximum atomic E-state index is 12.5. The highest BCUT2D eigenvalue weighted by atomic mass is 32.2. The van der Waals surface area contributed by atoms with Crippen LogP contribution in [0.3, 0.4) is 0 Å². The van der Waals surface area contributed by atoms with Crippen LogP contribution in [0.15, 0.2) is 46.8 Å². The van der Waals surface area contributed by atoms with E-state index < -0.39 is 0 Å². The molecule has 1 aromatic heterocycles. The Morgan fingerprint density at radius 3 is 2.93 bits per heavy atom. The highest BCUT2D eigenvalue weighted by Crippen LogP contribution is 2.32. The van der Waals surface area contributed by atoms with Crippen LogP contribution in [-0.2, 0) is 12.8 Å². The second-order valence-corrected chi connectivity index (χ2v) is 8.45.